The van der Waals surface area contributed by atoms with Crippen molar-refractivity contribution >= 4 is 10.9 Å². The van der Waals surface area contributed by atoms with Crippen molar-refractivity contribution in [3.63, 3.8) is 0 Å². The number of hydrogen-bond donors (Lipinski definition) is 2. The van der Waals surface area contributed by atoms with E-state index < -0.39 is 6.23 Å². The second-order valence-corrected chi connectivity index (χ2v) is 4.04. The molecule has 78 valence electrons. The number of aryl methyl sites for hydroxylation is 1. The lowest BCUT2D eigenvalue weighted by molar-refractivity contribution is 0.133. The molecule has 0 saturated carbocycles. The van der Waals surface area contributed by atoms with E-state index >= 15 is 0 Å². The molecule has 0 amide bonds. The number of para-hydroxylation sites is 1. The van der Waals surface area contributed by atoms with Crippen LogP contribution in [0.2, 0.25) is 0 Å². The third kappa shape index (κ3) is 1.14. The maximum Gasteiger partial charge on any atom is 0.133 e. The Morgan fingerprint density at radius 3 is 3.07 bits per heavy atom. The van der Waals surface area contributed by atoms with Crippen LogP contribution in [0, 0.1) is 0 Å². The molecular formula is C12H14N2O. The van der Waals surface area contributed by atoms with Gasteiger partial charge >= 0.3 is 0 Å². The summed E-state index contributed by atoms with van der Waals surface area (Å²) in [6, 6.07) is 8.22. The predicted molar refractivity (Wildman–Crippen MR) is 59.6 cm³/mol. The second-order valence-electron chi connectivity index (χ2n) is 4.04. The summed E-state index contributed by atoms with van der Waals surface area (Å²) >= 11 is 0. The van der Waals surface area contributed by atoms with Crippen molar-refractivity contribution in [1.29, 1.82) is 0 Å². The molecule has 3 rings (SSSR count). The second kappa shape index (κ2) is 3.08. The Balaban J connectivity index is 2.41. The normalized spacial score (nSPS) is 20.5. The molecule has 0 aliphatic carbocycles. The van der Waals surface area contributed by atoms with Gasteiger partial charge in [0.1, 0.15) is 6.23 Å². The molecule has 1 atom stereocenters. The Kier molecular flexibility index (Phi) is 1.84. The van der Waals surface area contributed by atoms with E-state index in [9.17, 15) is 5.11 Å². The number of nitrogens with one attached hydrogen (secondary N) is 1. The molecule has 0 fully saturated rings. The average Bonchev–Trinajstić information content (AvgIpc) is 2.55. The van der Waals surface area contributed by atoms with Gasteiger partial charge in [0.25, 0.3) is 0 Å². The molecule has 15 heavy (non-hydrogen) atoms. The fourth-order valence-corrected chi connectivity index (χ4v) is 2.51. The van der Waals surface area contributed by atoms with Crippen LogP contribution in [0.1, 0.15) is 17.5 Å². The smallest absolute Gasteiger partial charge is 0.133 e. The summed E-state index contributed by atoms with van der Waals surface area (Å²) in [7, 11) is 2.07. The molecule has 1 aliphatic heterocycles. The minimum absolute atomic E-state index is 0.514. The Hall–Kier alpha value is -1.32. The van der Waals surface area contributed by atoms with Gasteiger partial charge in [-0.15, -0.1) is 0 Å². The van der Waals surface area contributed by atoms with E-state index in [-0.39, 0.29) is 0 Å². The molecule has 1 aromatic heterocycles. The zero-order chi connectivity index (χ0) is 10.4. The lowest BCUT2D eigenvalue weighted by atomic mass is 10.0. The number of aliphatic hydroxyl groups is 1. The molecule has 1 unspecified atom stereocenters. The summed E-state index contributed by atoms with van der Waals surface area (Å²) in [5, 5.41) is 14.2. The molecule has 3 heteroatoms. The van der Waals surface area contributed by atoms with Gasteiger partial charge in [0.15, 0.2) is 0 Å². The molecule has 1 aliphatic rings. The quantitative estimate of drug-likeness (QED) is 0.676. The van der Waals surface area contributed by atoms with Gasteiger partial charge in [-0.25, -0.2) is 0 Å². The van der Waals surface area contributed by atoms with Gasteiger partial charge in [-0.3, -0.25) is 5.32 Å². The molecule has 0 bridgehead atoms. The maximum atomic E-state index is 9.95. The van der Waals surface area contributed by atoms with Crippen LogP contribution in [0.5, 0.6) is 0 Å². The Labute approximate surface area is 88.3 Å². The third-order valence-corrected chi connectivity index (χ3v) is 3.24. The van der Waals surface area contributed by atoms with Crippen molar-refractivity contribution in [1.82, 2.24) is 9.88 Å². The van der Waals surface area contributed by atoms with E-state index in [1.807, 2.05) is 12.1 Å². The molecule has 0 saturated heterocycles. The number of nitrogens with zero attached hydrogens (tertiary/aromatic N) is 1. The summed E-state index contributed by atoms with van der Waals surface area (Å²) in [5.41, 5.74) is 3.51. The monoisotopic (exact) mass is 202 g/mol. The van der Waals surface area contributed by atoms with Crippen LogP contribution in [0.3, 0.4) is 0 Å². The Morgan fingerprint density at radius 1 is 1.40 bits per heavy atom. The summed E-state index contributed by atoms with van der Waals surface area (Å²) in [6.07, 6.45) is 0.470. The van der Waals surface area contributed by atoms with Crippen molar-refractivity contribution in [2.24, 2.45) is 7.05 Å². The fraction of sp³-hybridized carbons (Fsp3) is 0.333. The van der Waals surface area contributed by atoms with Gasteiger partial charge in [-0.05, 0) is 6.07 Å². The number of rotatable bonds is 0. The van der Waals surface area contributed by atoms with Crippen LogP contribution in [0.25, 0.3) is 10.9 Å². The van der Waals surface area contributed by atoms with E-state index in [0.717, 1.165) is 23.9 Å². The van der Waals surface area contributed by atoms with Gasteiger partial charge in [0, 0.05) is 42.2 Å². The van der Waals surface area contributed by atoms with Crippen LogP contribution >= 0.6 is 0 Å². The molecule has 2 heterocycles. The van der Waals surface area contributed by atoms with E-state index in [2.05, 4.69) is 29.1 Å². The minimum atomic E-state index is -0.514. The van der Waals surface area contributed by atoms with Crippen molar-refractivity contribution in [2.75, 3.05) is 6.54 Å². The number of fused-ring (bicyclic) bond motifs is 3. The van der Waals surface area contributed by atoms with E-state index in [4.69, 9.17) is 0 Å². The van der Waals surface area contributed by atoms with Gasteiger partial charge in [-0.2, -0.15) is 0 Å². The van der Waals surface area contributed by atoms with Crippen LogP contribution in [0.15, 0.2) is 24.3 Å². The molecule has 2 aromatic rings. The molecular weight excluding hydrogens is 188 g/mol. The van der Waals surface area contributed by atoms with E-state index in [1.54, 1.807) is 0 Å². The lowest BCUT2D eigenvalue weighted by Crippen LogP contribution is -2.29. The lowest BCUT2D eigenvalue weighted by Gasteiger charge is -2.20. The van der Waals surface area contributed by atoms with Crippen LogP contribution in [-0.4, -0.2) is 16.2 Å². The zero-order valence-corrected chi connectivity index (χ0v) is 8.70. The van der Waals surface area contributed by atoms with Crippen LogP contribution in [0.4, 0.5) is 0 Å². The minimum Gasteiger partial charge on any atom is -0.374 e. The predicted octanol–water partition coefficient (Wildman–Crippen LogP) is 1.31. The topological polar surface area (TPSA) is 37.2 Å². The molecule has 2 N–H and O–H groups in total. The SMILES string of the molecule is Cn1c2c(c3ccccc31)C(O)NCC2. The first-order valence-corrected chi connectivity index (χ1v) is 5.26. The average molecular weight is 202 g/mol. The van der Waals surface area contributed by atoms with Crippen molar-refractivity contribution in [3.8, 4) is 0 Å². The third-order valence-electron chi connectivity index (χ3n) is 3.24. The highest BCUT2D eigenvalue weighted by Crippen LogP contribution is 2.31. The highest BCUT2D eigenvalue weighted by atomic mass is 16.3. The first-order valence-electron chi connectivity index (χ1n) is 5.26. The Morgan fingerprint density at radius 2 is 2.20 bits per heavy atom. The molecule has 1 aromatic carbocycles. The van der Waals surface area contributed by atoms with Crippen LogP contribution < -0.4 is 5.32 Å². The number of hydrogen-bond acceptors (Lipinski definition) is 2. The zero-order valence-electron chi connectivity index (χ0n) is 8.70. The van der Waals surface area contributed by atoms with Gasteiger partial charge in [0.2, 0.25) is 0 Å². The highest BCUT2D eigenvalue weighted by molar-refractivity contribution is 5.86. The molecule has 0 spiro atoms. The largest absolute Gasteiger partial charge is 0.374 e. The molecule has 0 radical (unpaired) electrons. The van der Waals surface area contributed by atoms with Crippen molar-refractivity contribution in [2.45, 2.75) is 12.6 Å². The fourth-order valence-electron chi connectivity index (χ4n) is 2.51. The standard InChI is InChI=1S/C12H14N2O/c1-14-9-5-3-2-4-8(9)11-10(14)6-7-13-12(11)15/h2-5,12-13,15H,6-7H2,1H3. The number of aromatic nitrogens is 1. The summed E-state index contributed by atoms with van der Waals surface area (Å²) < 4.78 is 2.19. The first-order chi connectivity index (χ1) is 7.29. The van der Waals surface area contributed by atoms with Gasteiger partial charge < -0.3 is 9.67 Å². The highest BCUT2D eigenvalue weighted by Gasteiger charge is 2.23. The van der Waals surface area contributed by atoms with E-state index in [1.165, 1.54) is 11.2 Å². The summed E-state index contributed by atoms with van der Waals surface area (Å²) in [4.78, 5) is 0. The Bertz CT molecular complexity index is 516. The van der Waals surface area contributed by atoms with Gasteiger partial charge in [0.05, 0.1) is 0 Å². The number of aliphatic hydroxyl groups excluding tert-OH is 1. The summed E-state index contributed by atoms with van der Waals surface area (Å²) in [6.45, 7) is 0.846. The molecule has 3 nitrogen and oxygen atoms in total. The van der Waals surface area contributed by atoms with Crippen LogP contribution in [-0.2, 0) is 13.5 Å². The van der Waals surface area contributed by atoms with Crippen molar-refractivity contribution < 1.29 is 5.11 Å². The van der Waals surface area contributed by atoms with Gasteiger partial charge in [-0.1, -0.05) is 18.2 Å². The maximum absolute atomic E-state index is 9.95. The summed E-state index contributed by atoms with van der Waals surface area (Å²) in [5.74, 6) is 0. The number of benzene rings is 1. The van der Waals surface area contributed by atoms with Crippen molar-refractivity contribution in [3.05, 3.63) is 35.5 Å². The van der Waals surface area contributed by atoms with E-state index in [0.29, 0.717) is 0 Å². The first kappa shape index (κ1) is 8.95.